The van der Waals surface area contributed by atoms with E-state index in [1.807, 2.05) is 35.2 Å². The summed E-state index contributed by atoms with van der Waals surface area (Å²) in [6.07, 6.45) is 1.65. The van der Waals surface area contributed by atoms with Crippen molar-refractivity contribution in [1.29, 1.82) is 0 Å². The molecule has 1 fully saturated rings. The molecule has 0 saturated carbocycles. The Bertz CT molecular complexity index is 1110. The van der Waals surface area contributed by atoms with Crippen molar-refractivity contribution in [3.8, 4) is 11.3 Å². The molecule has 3 aromatic carbocycles. The number of piperazine rings is 1. The average molecular weight is 423 g/mol. The van der Waals surface area contributed by atoms with Gasteiger partial charge in [0.1, 0.15) is 0 Å². The summed E-state index contributed by atoms with van der Waals surface area (Å²) in [7, 11) is 0. The van der Waals surface area contributed by atoms with Crippen LogP contribution in [0.4, 0.5) is 0 Å². The monoisotopic (exact) mass is 422 g/mol. The number of hydrogen-bond acceptors (Lipinski definition) is 3. The molecule has 1 aromatic heterocycles. The van der Waals surface area contributed by atoms with Gasteiger partial charge in [-0.1, -0.05) is 91.0 Å². The molecule has 0 unspecified atom stereocenters. The van der Waals surface area contributed by atoms with E-state index in [2.05, 4.69) is 75.8 Å². The van der Waals surface area contributed by atoms with Gasteiger partial charge in [0.05, 0.1) is 23.5 Å². The summed E-state index contributed by atoms with van der Waals surface area (Å²) in [5, 5.41) is 7.16. The Morgan fingerprint density at radius 1 is 0.750 bits per heavy atom. The molecular formula is C27H26N4O. The molecular weight excluding hydrogens is 396 g/mol. The van der Waals surface area contributed by atoms with Crippen LogP contribution < -0.4 is 0 Å². The van der Waals surface area contributed by atoms with Gasteiger partial charge in [-0.25, -0.2) is 0 Å². The summed E-state index contributed by atoms with van der Waals surface area (Å²) in [6.45, 7) is 3.01. The number of rotatable bonds is 5. The Hall–Kier alpha value is -3.70. The highest BCUT2D eigenvalue weighted by Crippen LogP contribution is 2.30. The molecule has 5 rings (SSSR count). The van der Waals surface area contributed by atoms with E-state index in [4.69, 9.17) is 0 Å². The number of nitrogens with one attached hydrogen (secondary N) is 1. The van der Waals surface area contributed by atoms with Gasteiger partial charge in [-0.05, 0) is 11.1 Å². The molecule has 0 atom stereocenters. The quantitative estimate of drug-likeness (QED) is 0.510. The van der Waals surface area contributed by atoms with Crippen LogP contribution in [0.5, 0.6) is 0 Å². The molecule has 0 bridgehead atoms. The summed E-state index contributed by atoms with van der Waals surface area (Å²) in [4.78, 5) is 17.7. The number of aromatic amines is 1. The zero-order chi connectivity index (χ0) is 21.8. The first-order chi connectivity index (χ1) is 15.8. The molecule has 0 spiro atoms. The zero-order valence-electron chi connectivity index (χ0n) is 17.9. The van der Waals surface area contributed by atoms with Crippen molar-refractivity contribution >= 4 is 5.91 Å². The lowest BCUT2D eigenvalue weighted by Gasteiger charge is -2.39. The minimum atomic E-state index is 0.0354. The molecule has 5 nitrogen and oxygen atoms in total. The first-order valence-corrected chi connectivity index (χ1v) is 11.0. The van der Waals surface area contributed by atoms with Gasteiger partial charge in [0.25, 0.3) is 5.91 Å². The third-order valence-corrected chi connectivity index (χ3v) is 6.13. The summed E-state index contributed by atoms with van der Waals surface area (Å²) < 4.78 is 0. The van der Waals surface area contributed by atoms with E-state index in [-0.39, 0.29) is 11.9 Å². The lowest BCUT2D eigenvalue weighted by atomic mass is 9.96. The van der Waals surface area contributed by atoms with Crippen LogP contribution in [0.2, 0.25) is 0 Å². The highest BCUT2D eigenvalue weighted by molar-refractivity contribution is 5.99. The fourth-order valence-electron chi connectivity index (χ4n) is 4.51. The summed E-state index contributed by atoms with van der Waals surface area (Å²) in [5.41, 5.74) is 4.94. The minimum absolute atomic E-state index is 0.0354. The van der Waals surface area contributed by atoms with Crippen LogP contribution in [0.25, 0.3) is 11.3 Å². The third-order valence-electron chi connectivity index (χ3n) is 6.13. The second kappa shape index (κ2) is 9.20. The number of carbonyl (C=O) groups is 1. The van der Waals surface area contributed by atoms with Gasteiger partial charge in [-0.3, -0.25) is 14.8 Å². The van der Waals surface area contributed by atoms with Crippen LogP contribution >= 0.6 is 0 Å². The number of aromatic nitrogens is 2. The summed E-state index contributed by atoms with van der Waals surface area (Å²) in [6, 6.07) is 31.3. The molecule has 0 radical (unpaired) electrons. The van der Waals surface area contributed by atoms with Crippen molar-refractivity contribution in [2.75, 3.05) is 26.2 Å². The molecule has 32 heavy (non-hydrogen) atoms. The van der Waals surface area contributed by atoms with Crippen LogP contribution in [0.15, 0.2) is 97.2 Å². The lowest BCUT2D eigenvalue weighted by molar-refractivity contribution is 0.0598. The van der Waals surface area contributed by atoms with E-state index in [0.29, 0.717) is 18.7 Å². The molecule has 1 saturated heterocycles. The van der Waals surface area contributed by atoms with Gasteiger partial charge in [0, 0.05) is 31.7 Å². The fourth-order valence-corrected chi connectivity index (χ4v) is 4.51. The van der Waals surface area contributed by atoms with Crippen LogP contribution in [0, 0.1) is 0 Å². The van der Waals surface area contributed by atoms with Crippen molar-refractivity contribution in [3.63, 3.8) is 0 Å². The zero-order valence-corrected chi connectivity index (χ0v) is 17.9. The van der Waals surface area contributed by atoms with Crippen molar-refractivity contribution < 1.29 is 4.79 Å². The van der Waals surface area contributed by atoms with Crippen LogP contribution in [-0.4, -0.2) is 52.1 Å². The topological polar surface area (TPSA) is 52.2 Å². The summed E-state index contributed by atoms with van der Waals surface area (Å²) >= 11 is 0. The minimum Gasteiger partial charge on any atom is -0.336 e. The average Bonchev–Trinajstić information content (AvgIpc) is 3.36. The Labute approximate surface area is 188 Å². The highest BCUT2D eigenvalue weighted by atomic mass is 16.2. The second-order valence-corrected chi connectivity index (χ2v) is 8.08. The van der Waals surface area contributed by atoms with Crippen molar-refractivity contribution in [2.24, 2.45) is 0 Å². The molecule has 1 aliphatic heterocycles. The fraction of sp³-hybridized carbons (Fsp3) is 0.185. The van der Waals surface area contributed by atoms with E-state index in [0.717, 1.165) is 24.3 Å². The van der Waals surface area contributed by atoms with Crippen LogP contribution in [-0.2, 0) is 0 Å². The maximum absolute atomic E-state index is 13.3. The van der Waals surface area contributed by atoms with Gasteiger partial charge in [0.15, 0.2) is 0 Å². The van der Waals surface area contributed by atoms with Crippen LogP contribution in [0.3, 0.4) is 0 Å². The Morgan fingerprint density at radius 3 is 1.84 bits per heavy atom. The number of H-pyrrole nitrogens is 1. The third kappa shape index (κ3) is 4.07. The number of hydrogen-bond donors (Lipinski definition) is 1. The van der Waals surface area contributed by atoms with E-state index in [9.17, 15) is 4.79 Å². The van der Waals surface area contributed by atoms with Crippen LogP contribution in [0.1, 0.15) is 27.5 Å². The lowest BCUT2D eigenvalue weighted by Crippen LogP contribution is -2.49. The van der Waals surface area contributed by atoms with Gasteiger partial charge in [-0.2, -0.15) is 5.10 Å². The largest absolute Gasteiger partial charge is 0.336 e. The van der Waals surface area contributed by atoms with Gasteiger partial charge in [0.2, 0.25) is 0 Å². The standard InChI is InChI=1S/C27H26N4O/c32-27(24-20-28-29-25(24)21-10-4-1-5-11-21)31-18-16-30(17-19-31)26(22-12-6-2-7-13-22)23-14-8-3-9-15-23/h1-15,20,26H,16-19H2,(H,28,29). The molecule has 1 N–H and O–H groups in total. The molecule has 1 aliphatic rings. The Balaban J connectivity index is 1.34. The van der Waals surface area contributed by atoms with E-state index in [1.54, 1.807) is 6.20 Å². The second-order valence-electron chi connectivity index (χ2n) is 8.08. The number of carbonyl (C=O) groups excluding carboxylic acids is 1. The number of benzene rings is 3. The summed E-state index contributed by atoms with van der Waals surface area (Å²) in [5.74, 6) is 0.0354. The maximum Gasteiger partial charge on any atom is 0.257 e. The number of nitrogens with zero attached hydrogens (tertiary/aromatic N) is 3. The normalized spacial score (nSPS) is 14.6. The Kier molecular flexibility index (Phi) is 5.81. The molecule has 0 aliphatic carbocycles. The van der Waals surface area contributed by atoms with E-state index in [1.165, 1.54) is 11.1 Å². The smallest absolute Gasteiger partial charge is 0.257 e. The van der Waals surface area contributed by atoms with Crippen molar-refractivity contribution in [3.05, 3.63) is 114 Å². The molecule has 5 heteroatoms. The maximum atomic E-state index is 13.3. The molecule has 160 valence electrons. The number of amides is 1. The Morgan fingerprint density at radius 2 is 1.28 bits per heavy atom. The SMILES string of the molecule is O=C(c1cn[nH]c1-c1ccccc1)N1CCN(C(c2ccccc2)c2ccccc2)CC1. The van der Waals surface area contributed by atoms with E-state index >= 15 is 0 Å². The van der Waals surface area contributed by atoms with E-state index < -0.39 is 0 Å². The van der Waals surface area contributed by atoms with Crippen molar-refractivity contribution in [1.82, 2.24) is 20.0 Å². The molecule has 4 aromatic rings. The highest BCUT2D eigenvalue weighted by Gasteiger charge is 2.29. The van der Waals surface area contributed by atoms with Gasteiger partial charge < -0.3 is 4.90 Å². The predicted molar refractivity (Wildman–Crippen MR) is 126 cm³/mol. The first kappa shape index (κ1) is 20.2. The molecule has 2 heterocycles. The predicted octanol–water partition coefficient (Wildman–Crippen LogP) is 4.62. The first-order valence-electron chi connectivity index (χ1n) is 11.0. The van der Waals surface area contributed by atoms with Gasteiger partial charge >= 0.3 is 0 Å². The van der Waals surface area contributed by atoms with Crippen molar-refractivity contribution in [2.45, 2.75) is 6.04 Å². The van der Waals surface area contributed by atoms with Gasteiger partial charge in [-0.15, -0.1) is 0 Å². The molecule has 1 amide bonds.